The molecule has 1 aromatic carbocycles. The number of rotatable bonds is 3. The van der Waals surface area contributed by atoms with E-state index in [2.05, 4.69) is 11.4 Å². The number of nitrogens with one attached hydrogen (secondary N) is 1. The minimum atomic E-state index is -0.209. The van der Waals surface area contributed by atoms with Gasteiger partial charge in [0.1, 0.15) is 5.82 Å². The van der Waals surface area contributed by atoms with E-state index >= 15 is 0 Å². The zero-order valence-corrected chi connectivity index (χ0v) is 9.69. The fourth-order valence-electron chi connectivity index (χ4n) is 1.99. The molecular formula is C12H14ClFN2. The summed E-state index contributed by atoms with van der Waals surface area (Å²) in [7, 11) is 0. The van der Waals surface area contributed by atoms with Gasteiger partial charge in [-0.1, -0.05) is 12.1 Å². The van der Waals surface area contributed by atoms with Crippen molar-refractivity contribution in [2.45, 2.75) is 12.8 Å². The van der Waals surface area contributed by atoms with Crippen LogP contribution in [0.4, 0.5) is 4.39 Å². The van der Waals surface area contributed by atoms with Crippen molar-refractivity contribution in [1.82, 2.24) is 5.32 Å². The van der Waals surface area contributed by atoms with E-state index in [1.54, 1.807) is 12.1 Å². The number of hydrogen-bond donors (Lipinski definition) is 1. The zero-order valence-electron chi connectivity index (χ0n) is 8.87. The summed E-state index contributed by atoms with van der Waals surface area (Å²) in [4.78, 5) is 0. The molecule has 1 saturated heterocycles. The fourth-order valence-corrected chi connectivity index (χ4v) is 1.99. The smallest absolute Gasteiger partial charge is 0.123 e. The Morgan fingerprint density at radius 3 is 2.38 bits per heavy atom. The number of hydrogen-bond acceptors (Lipinski definition) is 2. The summed E-state index contributed by atoms with van der Waals surface area (Å²) < 4.78 is 12.7. The molecule has 1 fully saturated rings. The minimum absolute atomic E-state index is 0. The van der Waals surface area contributed by atoms with E-state index in [4.69, 9.17) is 5.26 Å². The standard InChI is InChI=1S/C12H13FN2.ClH/c13-11-3-1-10(2-4-11)7-12(5-6-14)8-15-9-12;/h1-4,15H,5,7-9H2;1H. The van der Waals surface area contributed by atoms with Crippen LogP contribution in [0.5, 0.6) is 0 Å². The third kappa shape index (κ3) is 2.72. The zero-order chi connectivity index (χ0) is 10.7. The van der Waals surface area contributed by atoms with Gasteiger partial charge in [0, 0.05) is 24.9 Å². The lowest BCUT2D eigenvalue weighted by atomic mass is 9.74. The van der Waals surface area contributed by atoms with Crippen LogP contribution >= 0.6 is 12.4 Å². The first-order chi connectivity index (χ1) is 7.24. The molecule has 0 unspecified atom stereocenters. The molecule has 0 spiro atoms. The highest BCUT2D eigenvalue weighted by Crippen LogP contribution is 2.31. The normalized spacial score (nSPS) is 16.8. The van der Waals surface area contributed by atoms with Crippen molar-refractivity contribution in [3.8, 4) is 6.07 Å². The van der Waals surface area contributed by atoms with Crippen molar-refractivity contribution in [2.75, 3.05) is 13.1 Å². The van der Waals surface area contributed by atoms with Gasteiger partial charge in [0.05, 0.1) is 6.07 Å². The van der Waals surface area contributed by atoms with Crippen molar-refractivity contribution in [3.63, 3.8) is 0 Å². The summed E-state index contributed by atoms with van der Waals surface area (Å²) in [5, 5.41) is 11.9. The molecule has 0 atom stereocenters. The van der Waals surface area contributed by atoms with Crippen LogP contribution in [0.1, 0.15) is 12.0 Å². The third-order valence-electron chi connectivity index (χ3n) is 2.95. The predicted molar refractivity (Wildman–Crippen MR) is 62.9 cm³/mol. The summed E-state index contributed by atoms with van der Waals surface area (Å²) in [5.41, 5.74) is 1.18. The molecule has 1 N–H and O–H groups in total. The molecule has 0 aromatic heterocycles. The van der Waals surface area contributed by atoms with Crippen molar-refractivity contribution < 1.29 is 4.39 Å². The molecule has 0 amide bonds. The average Bonchev–Trinajstić information content (AvgIpc) is 2.18. The summed E-state index contributed by atoms with van der Waals surface area (Å²) in [6, 6.07) is 8.77. The van der Waals surface area contributed by atoms with E-state index in [1.165, 1.54) is 12.1 Å². The molecule has 0 bridgehead atoms. The molecule has 1 aliphatic rings. The van der Waals surface area contributed by atoms with Crippen molar-refractivity contribution in [2.24, 2.45) is 5.41 Å². The summed E-state index contributed by atoms with van der Waals surface area (Å²) in [5.74, 6) is -0.209. The highest BCUT2D eigenvalue weighted by Gasteiger charge is 2.36. The Balaban J connectivity index is 0.00000128. The molecule has 2 rings (SSSR count). The van der Waals surface area contributed by atoms with Crippen LogP contribution in [0.15, 0.2) is 24.3 Å². The van der Waals surface area contributed by atoms with Gasteiger partial charge in [0.2, 0.25) is 0 Å². The van der Waals surface area contributed by atoms with Gasteiger partial charge in [-0.2, -0.15) is 5.26 Å². The molecule has 1 aliphatic heterocycles. The Bertz CT molecular complexity index is 379. The average molecular weight is 241 g/mol. The van der Waals surface area contributed by atoms with Crippen LogP contribution in [-0.2, 0) is 6.42 Å². The first-order valence-corrected chi connectivity index (χ1v) is 5.06. The molecule has 0 radical (unpaired) electrons. The lowest BCUT2D eigenvalue weighted by Crippen LogP contribution is -2.54. The molecule has 86 valence electrons. The van der Waals surface area contributed by atoms with E-state index in [9.17, 15) is 4.39 Å². The second-order valence-corrected chi connectivity index (χ2v) is 4.24. The highest BCUT2D eigenvalue weighted by molar-refractivity contribution is 5.85. The van der Waals surface area contributed by atoms with Crippen LogP contribution in [-0.4, -0.2) is 13.1 Å². The van der Waals surface area contributed by atoms with Gasteiger partial charge >= 0.3 is 0 Å². The topological polar surface area (TPSA) is 35.8 Å². The fraction of sp³-hybridized carbons (Fsp3) is 0.417. The molecule has 0 aliphatic carbocycles. The molecule has 16 heavy (non-hydrogen) atoms. The van der Waals surface area contributed by atoms with Crippen LogP contribution < -0.4 is 5.32 Å². The monoisotopic (exact) mass is 240 g/mol. The summed E-state index contributed by atoms with van der Waals surface area (Å²) in [6.07, 6.45) is 1.42. The quantitative estimate of drug-likeness (QED) is 0.880. The maximum Gasteiger partial charge on any atom is 0.123 e. The number of nitrogens with zero attached hydrogens (tertiary/aromatic N) is 1. The molecular weight excluding hydrogens is 227 g/mol. The Hall–Kier alpha value is -1.11. The molecule has 4 heteroatoms. The van der Waals surface area contributed by atoms with Gasteiger partial charge in [0.25, 0.3) is 0 Å². The van der Waals surface area contributed by atoms with E-state index < -0.39 is 0 Å². The van der Waals surface area contributed by atoms with Crippen LogP contribution in [0, 0.1) is 22.6 Å². The van der Waals surface area contributed by atoms with Crippen molar-refractivity contribution >= 4 is 12.4 Å². The first-order valence-electron chi connectivity index (χ1n) is 5.06. The van der Waals surface area contributed by atoms with E-state index in [-0.39, 0.29) is 23.6 Å². The minimum Gasteiger partial charge on any atom is -0.315 e. The lowest BCUT2D eigenvalue weighted by Gasteiger charge is -2.41. The van der Waals surface area contributed by atoms with Gasteiger partial charge in [0.15, 0.2) is 0 Å². The number of nitriles is 1. The largest absolute Gasteiger partial charge is 0.315 e. The SMILES string of the molecule is Cl.N#CCC1(Cc2ccc(F)cc2)CNC1. The second kappa shape index (κ2) is 5.29. The number of benzene rings is 1. The van der Waals surface area contributed by atoms with Gasteiger partial charge in [-0.3, -0.25) is 0 Å². The molecule has 1 heterocycles. The van der Waals surface area contributed by atoms with Gasteiger partial charge in [-0.15, -0.1) is 12.4 Å². The van der Waals surface area contributed by atoms with Crippen LogP contribution in [0.25, 0.3) is 0 Å². The van der Waals surface area contributed by atoms with Gasteiger partial charge in [-0.25, -0.2) is 4.39 Å². The Morgan fingerprint density at radius 2 is 1.94 bits per heavy atom. The first kappa shape index (κ1) is 13.0. The summed E-state index contributed by atoms with van der Waals surface area (Å²) in [6.45, 7) is 1.77. The lowest BCUT2D eigenvalue weighted by molar-refractivity contribution is 0.173. The van der Waals surface area contributed by atoms with E-state index in [0.717, 1.165) is 25.1 Å². The second-order valence-electron chi connectivity index (χ2n) is 4.24. The number of halogens is 2. The molecule has 2 nitrogen and oxygen atoms in total. The molecule has 1 aromatic rings. The van der Waals surface area contributed by atoms with E-state index in [1.807, 2.05) is 0 Å². The van der Waals surface area contributed by atoms with Crippen molar-refractivity contribution in [1.29, 1.82) is 5.26 Å². The maximum atomic E-state index is 12.7. The Labute approximate surface area is 101 Å². The van der Waals surface area contributed by atoms with Crippen LogP contribution in [0.2, 0.25) is 0 Å². The molecule has 0 saturated carbocycles. The summed E-state index contributed by atoms with van der Waals surface area (Å²) >= 11 is 0. The maximum absolute atomic E-state index is 12.7. The van der Waals surface area contributed by atoms with Crippen LogP contribution in [0.3, 0.4) is 0 Å². The van der Waals surface area contributed by atoms with Crippen molar-refractivity contribution in [3.05, 3.63) is 35.6 Å². The third-order valence-corrected chi connectivity index (χ3v) is 2.95. The Morgan fingerprint density at radius 1 is 1.31 bits per heavy atom. The van der Waals surface area contributed by atoms with Gasteiger partial charge < -0.3 is 5.32 Å². The Kier molecular flexibility index (Phi) is 4.28. The van der Waals surface area contributed by atoms with E-state index in [0.29, 0.717) is 6.42 Å². The highest BCUT2D eigenvalue weighted by atomic mass is 35.5. The van der Waals surface area contributed by atoms with Gasteiger partial charge in [-0.05, 0) is 24.1 Å². The predicted octanol–water partition coefficient (Wildman–Crippen LogP) is 2.29.